The predicted octanol–water partition coefficient (Wildman–Crippen LogP) is 0.199. The minimum absolute atomic E-state index is 0.0495. The van der Waals surface area contributed by atoms with Gasteiger partial charge in [-0.1, -0.05) is 13.3 Å². The zero-order chi connectivity index (χ0) is 13.8. The van der Waals surface area contributed by atoms with E-state index < -0.39 is 16.0 Å². The van der Waals surface area contributed by atoms with Crippen LogP contribution in [-0.2, 0) is 21.9 Å². The van der Waals surface area contributed by atoms with Gasteiger partial charge in [0.25, 0.3) is 0 Å². The molecule has 0 aliphatic carbocycles. The van der Waals surface area contributed by atoms with Gasteiger partial charge in [-0.15, -0.1) is 0 Å². The fourth-order valence-corrected chi connectivity index (χ4v) is 2.56. The van der Waals surface area contributed by atoms with Crippen molar-refractivity contribution in [2.75, 3.05) is 6.54 Å². The maximum Gasteiger partial charge on any atom is 0.303 e. The van der Waals surface area contributed by atoms with Crippen molar-refractivity contribution in [1.82, 2.24) is 14.5 Å². The summed E-state index contributed by atoms with van der Waals surface area (Å²) in [6.07, 6.45) is 3.19. The highest BCUT2D eigenvalue weighted by atomic mass is 32.2. The number of sulfonamides is 1. The Morgan fingerprint density at radius 3 is 2.72 bits per heavy atom. The minimum atomic E-state index is -3.61. The van der Waals surface area contributed by atoms with E-state index in [4.69, 9.17) is 5.11 Å². The molecule has 18 heavy (non-hydrogen) atoms. The molecule has 2 N–H and O–H groups in total. The maximum absolute atomic E-state index is 11.8. The van der Waals surface area contributed by atoms with Crippen molar-refractivity contribution in [3.63, 3.8) is 0 Å². The molecule has 1 heterocycles. The first kappa shape index (κ1) is 14.7. The number of carboxylic acid groups (broad SMARTS) is 1. The van der Waals surface area contributed by atoms with Gasteiger partial charge in [-0.3, -0.25) is 9.48 Å². The summed E-state index contributed by atoms with van der Waals surface area (Å²) in [7, 11) is -1.98. The molecule has 1 aromatic rings. The van der Waals surface area contributed by atoms with Gasteiger partial charge in [0.15, 0.2) is 0 Å². The lowest BCUT2D eigenvalue weighted by molar-refractivity contribution is -0.138. The number of nitrogens with zero attached hydrogens (tertiary/aromatic N) is 2. The monoisotopic (exact) mass is 275 g/mol. The smallest absolute Gasteiger partial charge is 0.303 e. The summed E-state index contributed by atoms with van der Waals surface area (Å²) in [5, 5.41) is 12.5. The Kier molecular flexibility index (Phi) is 4.85. The fraction of sp³-hybridized carbons (Fsp3) is 0.600. The fourth-order valence-electron chi connectivity index (χ4n) is 1.46. The molecule has 0 fully saturated rings. The molecule has 1 aromatic heterocycles. The number of rotatable bonds is 7. The molecule has 0 spiro atoms. The van der Waals surface area contributed by atoms with E-state index >= 15 is 0 Å². The molecule has 1 atom stereocenters. The second-order valence-corrected chi connectivity index (χ2v) is 5.84. The molecular formula is C10H17N3O4S. The van der Waals surface area contributed by atoms with Crippen molar-refractivity contribution in [2.45, 2.75) is 24.7 Å². The maximum atomic E-state index is 11.8. The number of aryl methyl sites for hydroxylation is 1. The normalized spacial score (nSPS) is 13.4. The van der Waals surface area contributed by atoms with E-state index in [1.807, 2.05) is 6.92 Å². The molecule has 7 nitrogen and oxygen atoms in total. The molecule has 102 valence electrons. The van der Waals surface area contributed by atoms with Gasteiger partial charge in [0.1, 0.15) is 4.90 Å². The molecule has 1 unspecified atom stereocenters. The third-order valence-electron chi connectivity index (χ3n) is 2.59. The first-order valence-electron chi connectivity index (χ1n) is 5.55. The number of hydrogen-bond donors (Lipinski definition) is 2. The largest absolute Gasteiger partial charge is 0.481 e. The molecule has 0 saturated carbocycles. The molecule has 0 bridgehead atoms. The van der Waals surface area contributed by atoms with Crippen molar-refractivity contribution < 1.29 is 18.3 Å². The van der Waals surface area contributed by atoms with Gasteiger partial charge in [0.05, 0.1) is 6.20 Å². The standard InChI is InChI=1S/C10H17N3O4S/c1-3-8(4-10(14)15)5-12-18(16,17)9-6-11-13(2)7-9/h6-8,12H,3-5H2,1-2H3,(H,14,15). The van der Waals surface area contributed by atoms with E-state index in [0.717, 1.165) is 0 Å². The van der Waals surface area contributed by atoms with Gasteiger partial charge in [-0.2, -0.15) is 5.10 Å². The topological polar surface area (TPSA) is 101 Å². The van der Waals surface area contributed by atoms with Crippen molar-refractivity contribution in [1.29, 1.82) is 0 Å². The quantitative estimate of drug-likeness (QED) is 0.740. The van der Waals surface area contributed by atoms with E-state index in [0.29, 0.717) is 6.42 Å². The minimum Gasteiger partial charge on any atom is -0.481 e. The highest BCUT2D eigenvalue weighted by molar-refractivity contribution is 7.89. The van der Waals surface area contributed by atoms with Crippen LogP contribution >= 0.6 is 0 Å². The van der Waals surface area contributed by atoms with Gasteiger partial charge in [0, 0.05) is 26.2 Å². The van der Waals surface area contributed by atoms with Crippen LogP contribution < -0.4 is 4.72 Å². The molecule has 0 radical (unpaired) electrons. The SMILES string of the molecule is CCC(CNS(=O)(=O)c1cnn(C)c1)CC(=O)O. The summed E-state index contributed by atoms with van der Waals surface area (Å²) in [4.78, 5) is 10.7. The van der Waals surface area contributed by atoms with E-state index in [1.54, 1.807) is 7.05 Å². The van der Waals surface area contributed by atoms with Crippen LogP contribution in [0.25, 0.3) is 0 Å². The molecule has 0 aliphatic rings. The molecule has 8 heteroatoms. The van der Waals surface area contributed by atoms with Crippen LogP contribution in [0.15, 0.2) is 17.3 Å². The van der Waals surface area contributed by atoms with Crippen LogP contribution in [0.1, 0.15) is 19.8 Å². The molecule has 0 amide bonds. The van der Waals surface area contributed by atoms with Gasteiger partial charge in [0.2, 0.25) is 10.0 Å². The van der Waals surface area contributed by atoms with Gasteiger partial charge >= 0.3 is 5.97 Å². The van der Waals surface area contributed by atoms with Crippen LogP contribution in [0.2, 0.25) is 0 Å². The second kappa shape index (κ2) is 5.96. The van der Waals surface area contributed by atoms with E-state index in [-0.39, 0.29) is 23.8 Å². The van der Waals surface area contributed by atoms with Gasteiger partial charge < -0.3 is 5.11 Å². The lowest BCUT2D eigenvalue weighted by atomic mass is 10.0. The van der Waals surface area contributed by atoms with E-state index in [2.05, 4.69) is 9.82 Å². The molecule has 0 saturated heterocycles. The average molecular weight is 275 g/mol. The van der Waals surface area contributed by atoms with Crippen LogP contribution in [-0.4, -0.2) is 35.8 Å². The predicted molar refractivity (Wildman–Crippen MR) is 64.4 cm³/mol. The summed E-state index contributed by atoms with van der Waals surface area (Å²) in [6.45, 7) is 1.94. The summed E-state index contributed by atoms with van der Waals surface area (Å²) in [5.41, 5.74) is 0. The Morgan fingerprint density at radius 1 is 1.61 bits per heavy atom. The van der Waals surface area contributed by atoms with Crippen molar-refractivity contribution in [3.8, 4) is 0 Å². The first-order chi connectivity index (χ1) is 8.35. The Bertz CT molecular complexity index is 509. The van der Waals surface area contributed by atoms with E-state index in [9.17, 15) is 13.2 Å². The number of hydrogen-bond acceptors (Lipinski definition) is 4. The molecular weight excluding hydrogens is 258 g/mol. The van der Waals surface area contributed by atoms with E-state index in [1.165, 1.54) is 17.1 Å². The number of aromatic nitrogens is 2. The van der Waals surface area contributed by atoms with Crippen LogP contribution in [0, 0.1) is 5.92 Å². The second-order valence-electron chi connectivity index (χ2n) is 4.07. The van der Waals surface area contributed by atoms with Crippen LogP contribution in [0.5, 0.6) is 0 Å². The lowest BCUT2D eigenvalue weighted by Gasteiger charge is -2.12. The lowest BCUT2D eigenvalue weighted by Crippen LogP contribution is -2.30. The van der Waals surface area contributed by atoms with Crippen molar-refractivity contribution in [2.24, 2.45) is 13.0 Å². The third kappa shape index (κ3) is 4.11. The summed E-state index contributed by atoms with van der Waals surface area (Å²) in [6, 6.07) is 0. The number of aliphatic carboxylic acids is 1. The van der Waals surface area contributed by atoms with Gasteiger partial charge in [-0.05, 0) is 5.92 Å². The highest BCUT2D eigenvalue weighted by Crippen LogP contribution is 2.10. The Morgan fingerprint density at radius 2 is 2.28 bits per heavy atom. The van der Waals surface area contributed by atoms with Crippen LogP contribution in [0.4, 0.5) is 0 Å². The number of carbonyl (C=O) groups is 1. The average Bonchev–Trinajstić information content (AvgIpc) is 2.71. The summed E-state index contributed by atoms with van der Waals surface area (Å²) in [5.74, 6) is -1.14. The zero-order valence-corrected chi connectivity index (χ0v) is 11.1. The summed E-state index contributed by atoms with van der Waals surface area (Å²) >= 11 is 0. The third-order valence-corrected chi connectivity index (χ3v) is 3.97. The number of carboxylic acids is 1. The highest BCUT2D eigenvalue weighted by Gasteiger charge is 2.19. The zero-order valence-electron chi connectivity index (χ0n) is 10.3. The van der Waals surface area contributed by atoms with Crippen LogP contribution in [0.3, 0.4) is 0 Å². The van der Waals surface area contributed by atoms with Gasteiger partial charge in [-0.25, -0.2) is 13.1 Å². The summed E-state index contributed by atoms with van der Waals surface area (Å²) < 4.78 is 27.5. The van der Waals surface area contributed by atoms with Crippen molar-refractivity contribution >= 4 is 16.0 Å². The molecule has 1 rings (SSSR count). The number of nitrogens with one attached hydrogen (secondary N) is 1. The Labute approximate surface area is 106 Å². The molecule has 0 aromatic carbocycles. The van der Waals surface area contributed by atoms with Crippen molar-refractivity contribution in [3.05, 3.63) is 12.4 Å². The Balaban J connectivity index is 2.64. The first-order valence-corrected chi connectivity index (χ1v) is 7.03. The molecule has 0 aliphatic heterocycles. The Hall–Kier alpha value is -1.41.